The molecule has 1 aromatic carbocycles. The molecule has 4 heteroatoms. The van der Waals surface area contributed by atoms with E-state index in [1.807, 2.05) is 0 Å². The van der Waals surface area contributed by atoms with Crippen molar-refractivity contribution in [2.75, 3.05) is 39.8 Å². The standard InChI is InChI=1S/C20H31N3O/c1-15-4-6-18(7-5-15)19(23-12-10-22(3)11-13-23)14-21-20(24)16(2)17-8-9-17/h4-7,16-17,19H,8-14H2,1-3H3,(H,21,24). The van der Waals surface area contributed by atoms with Crippen LogP contribution in [-0.4, -0.2) is 55.5 Å². The molecule has 0 bridgehead atoms. The first-order valence-electron chi connectivity index (χ1n) is 9.31. The number of aryl methyl sites for hydroxylation is 1. The highest BCUT2D eigenvalue weighted by atomic mass is 16.1. The molecule has 2 fully saturated rings. The first-order valence-corrected chi connectivity index (χ1v) is 9.31. The Labute approximate surface area is 146 Å². The van der Waals surface area contributed by atoms with Crippen LogP contribution in [0, 0.1) is 18.8 Å². The van der Waals surface area contributed by atoms with Gasteiger partial charge in [-0.25, -0.2) is 0 Å². The predicted molar refractivity (Wildman–Crippen MR) is 97.9 cm³/mol. The van der Waals surface area contributed by atoms with Crippen LogP contribution >= 0.6 is 0 Å². The van der Waals surface area contributed by atoms with Gasteiger partial charge >= 0.3 is 0 Å². The Morgan fingerprint density at radius 1 is 1.17 bits per heavy atom. The van der Waals surface area contributed by atoms with Gasteiger partial charge in [-0.3, -0.25) is 9.69 Å². The summed E-state index contributed by atoms with van der Waals surface area (Å²) in [5, 5.41) is 3.23. The van der Waals surface area contributed by atoms with Crippen LogP contribution in [0.15, 0.2) is 24.3 Å². The number of rotatable bonds is 6. The van der Waals surface area contributed by atoms with E-state index in [-0.39, 0.29) is 17.9 Å². The summed E-state index contributed by atoms with van der Waals surface area (Å²) in [6.07, 6.45) is 2.43. The second-order valence-electron chi connectivity index (χ2n) is 7.64. The molecular weight excluding hydrogens is 298 g/mol. The molecule has 2 atom stereocenters. The Balaban J connectivity index is 1.66. The van der Waals surface area contributed by atoms with Crippen LogP contribution in [0.2, 0.25) is 0 Å². The molecule has 2 unspecified atom stereocenters. The third-order valence-corrected chi connectivity index (χ3v) is 5.65. The van der Waals surface area contributed by atoms with Crippen LogP contribution in [0.5, 0.6) is 0 Å². The van der Waals surface area contributed by atoms with Crippen molar-refractivity contribution in [1.82, 2.24) is 15.1 Å². The number of amides is 1. The van der Waals surface area contributed by atoms with E-state index in [1.54, 1.807) is 0 Å². The lowest BCUT2D eigenvalue weighted by Gasteiger charge is -2.38. The maximum absolute atomic E-state index is 12.4. The average Bonchev–Trinajstić information content (AvgIpc) is 3.42. The maximum Gasteiger partial charge on any atom is 0.223 e. The molecule has 4 nitrogen and oxygen atoms in total. The minimum atomic E-state index is 0.163. The fourth-order valence-corrected chi connectivity index (χ4v) is 3.55. The monoisotopic (exact) mass is 329 g/mol. The van der Waals surface area contributed by atoms with Gasteiger partial charge in [-0.2, -0.15) is 0 Å². The summed E-state index contributed by atoms with van der Waals surface area (Å²) < 4.78 is 0. The zero-order chi connectivity index (χ0) is 17.1. The SMILES string of the molecule is Cc1ccc(C(CNC(=O)C(C)C2CC2)N2CCN(C)CC2)cc1. The van der Waals surface area contributed by atoms with Gasteiger partial charge in [0.15, 0.2) is 0 Å². The van der Waals surface area contributed by atoms with Crippen molar-refractivity contribution < 1.29 is 4.79 Å². The lowest BCUT2D eigenvalue weighted by atomic mass is 10.0. The first kappa shape index (κ1) is 17.4. The lowest BCUT2D eigenvalue weighted by molar-refractivity contribution is -0.125. The van der Waals surface area contributed by atoms with Gasteiger partial charge in [-0.1, -0.05) is 36.8 Å². The Morgan fingerprint density at radius 3 is 2.38 bits per heavy atom. The van der Waals surface area contributed by atoms with Crippen LogP contribution in [0.1, 0.15) is 36.9 Å². The molecule has 1 saturated carbocycles. The van der Waals surface area contributed by atoms with Gasteiger partial charge in [-0.15, -0.1) is 0 Å². The number of hydrogen-bond acceptors (Lipinski definition) is 3. The zero-order valence-electron chi connectivity index (χ0n) is 15.3. The summed E-state index contributed by atoms with van der Waals surface area (Å²) in [5.41, 5.74) is 2.59. The van der Waals surface area contributed by atoms with Gasteiger partial charge in [0, 0.05) is 38.6 Å². The Hall–Kier alpha value is -1.39. The molecule has 132 valence electrons. The summed E-state index contributed by atoms with van der Waals surface area (Å²) >= 11 is 0. The molecule has 1 amide bonds. The molecule has 24 heavy (non-hydrogen) atoms. The topological polar surface area (TPSA) is 35.6 Å². The van der Waals surface area contributed by atoms with Gasteiger partial charge in [0.1, 0.15) is 0 Å². The van der Waals surface area contributed by atoms with Crippen molar-refractivity contribution in [2.24, 2.45) is 11.8 Å². The summed E-state index contributed by atoms with van der Waals surface area (Å²) in [6.45, 7) is 9.20. The molecule has 1 aromatic rings. The summed E-state index contributed by atoms with van der Waals surface area (Å²) in [5.74, 6) is 1.01. The predicted octanol–water partition coefficient (Wildman–Crippen LogP) is 2.45. The first-order chi connectivity index (χ1) is 11.5. The van der Waals surface area contributed by atoms with Crippen LogP contribution in [0.3, 0.4) is 0 Å². The molecular formula is C20H31N3O. The molecule has 0 aromatic heterocycles. The van der Waals surface area contributed by atoms with Crippen molar-refractivity contribution >= 4 is 5.91 Å². The highest BCUT2D eigenvalue weighted by Gasteiger charge is 2.33. The van der Waals surface area contributed by atoms with Crippen molar-refractivity contribution in [3.05, 3.63) is 35.4 Å². The van der Waals surface area contributed by atoms with E-state index < -0.39 is 0 Å². The van der Waals surface area contributed by atoms with Gasteiger partial charge in [0.05, 0.1) is 6.04 Å². The van der Waals surface area contributed by atoms with Crippen molar-refractivity contribution in [3.8, 4) is 0 Å². The smallest absolute Gasteiger partial charge is 0.223 e. The molecule has 0 radical (unpaired) electrons. The highest BCUT2D eigenvalue weighted by molar-refractivity contribution is 5.78. The molecule has 1 heterocycles. The zero-order valence-corrected chi connectivity index (χ0v) is 15.3. The number of piperazine rings is 1. The number of hydrogen-bond donors (Lipinski definition) is 1. The van der Waals surface area contributed by atoms with Gasteiger partial charge in [0.2, 0.25) is 5.91 Å². The van der Waals surface area contributed by atoms with Gasteiger partial charge in [-0.05, 0) is 38.3 Å². The fourth-order valence-electron chi connectivity index (χ4n) is 3.55. The van der Waals surface area contributed by atoms with E-state index in [1.165, 1.54) is 24.0 Å². The summed E-state index contributed by atoms with van der Waals surface area (Å²) in [6, 6.07) is 9.05. The third kappa shape index (κ3) is 4.37. The van der Waals surface area contributed by atoms with E-state index in [0.29, 0.717) is 12.5 Å². The van der Waals surface area contributed by atoms with Crippen LogP contribution < -0.4 is 5.32 Å². The summed E-state index contributed by atoms with van der Waals surface area (Å²) in [4.78, 5) is 17.3. The number of benzene rings is 1. The van der Waals surface area contributed by atoms with E-state index >= 15 is 0 Å². The van der Waals surface area contributed by atoms with Crippen LogP contribution in [0.25, 0.3) is 0 Å². The molecule has 3 rings (SSSR count). The van der Waals surface area contributed by atoms with Crippen LogP contribution in [0.4, 0.5) is 0 Å². The summed E-state index contributed by atoms with van der Waals surface area (Å²) in [7, 11) is 2.18. The van der Waals surface area contributed by atoms with E-state index in [4.69, 9.17) is 0 Å². The number of nitrogens with zero attached hydrogens (tertiary/aromatic N) is 2. The van der Waals surface area contributed by atoms with Crippen LogP contribution in [-0.2, 0) is 4.79 Å². The number of nitrogens with one attached hydrogen (secondary N) is 1. The molecule has 0 spiro atoms. The van der Waals surface area contributed by atoms with Crippen molar-refractivity contribution in [3.63, 3.8) is 0 Å². The van der Waals surface area contributed by atoms with E-state index in [2.05, 4.69) is 60.3 Å². The number of likely N-dealkylation sites (N-methyl/N-ethyl adjacent to an activating group) is 1. The maximum atomic E-state index is 12.4. The fraction of sp³-hybridized carbons (Fsp3) is 0.650. The van der Waals surface area contributed by atoms with E-state index in [0.717, 1.165) is 26.2 Å². The quantitative estimate of drug-likeness (QED) is 0.871. The highest BCUT2D eigenvalue weighted by Crippen LogP contribution is 2.36. The minimum absolute atomic E-state index is 0.163. The van der Waals surface area contributed by atoms with E-state index in [9.17, 15) is 4.79 Å². The lowest BCUT2D eigenvalue weighted by Crippen LogP contribution is -2.49. The van der Waals surface area contributed by atoms with Gasteiger partial charge < -0.3 is 10.2 Å². The largest absolute Gasteiger partial charge is 0.354 e. The molecule has 1 N–H and O–H groups in total. The molecule has 1 aliphatic heterocycles. The number of carbonyl (C=O) groups excluding carboxylic acids is 1. The van der Waals surface area contributed by atoms with Gasteiger partial charge in [0.25, 0.3) is 0 Å². The number of carbonyl (C=O) groups is 1. The molecule has 2 aliphatic rings. The minimum Gasteiger partial charge on any atom is -0.354 e. The Bertz CT molecular complexity index is 545. The molecule has 1 saturated heterocycles. The molecule has 1 aliphatic carbocycles. The van der Waals surface area contributed by atoms with Crippen molar-refractivity contribution in [1.29, 1.82) is 0 Å². The Kier molecular flexibility index (Phi) is 5.57. The second-order valence-corrected chi connectivity index (χ2v) is 7.64. The third-order valence-electron chi connectivity index (χ3n) is 5.65. The van der Waals surface area contributed by atoms with Crippen molar-refractivity contribution in [2.45, 2.75) is 32.7 Å². The normalized spacial score (nSPS) is 22.1. The Morgan fingerprint density at radius 2 is 1.79 bits per heavy atom. The average molecular weight is 329 g/mol. The second kappa shape index (κ2) is 7.66.